The van der Waals surface area contributed by atoms with Crippen molar-refractivity contribution in [1.82, 2.24) is 0 Å². The molecule has 280 valence electrons. The molecule has 12 heteroatoms. The Morgan fingerprint density at radius 2 is 0.980 bits per heavy atom. The molecule has 0 heterocycles. The Bertz CT molecular complexity index is 1220. The summed E-state index contributed by atoms with van der Waals surface area (Å²) in [6.07, 6.45) is 39.6. The molecule has 0 saturated heterocycles. The van der Waals surface area contributed by atoms with Crippen LogP contribution < -0.4 is 5.73 Å². The Morgan fingerprint density at radius 1 is 0.600 bits per heavy atom. The van der Waals surface area contributed by atoms with Crippen molar-refractivity contribution in [2.45, 2.75) is 103 Å². The zero-order chi connectivity index (χ0) is 37.1. The van der Waals surface area contributed by atoms with E-state index in [0.29, 0.717) is 19.3 Å². The lowest BCUT2D eigenvalue weighted by Crippen LogP contribution is -2.34. The average Bonchev–Trinajstić information content (AvgIpc) is 3.09. The molecule has 0 radical (unpaired) electrons. The van der Waals surface area contributed by atoms with Crippen molar-refractivity contribution in [1.29, 1.82) is 0 Å². The summed E-state index contributed by atoms with van der Waals surface area (Å²) in [5.41, 5.74) is 5.29. The normalized spacial score (nSPS) is 15.1. The summed E-state index contributed by atoms with van der Waals surface area (Å²) in [5.74, 6) is -2.61. The molecule has 0 aliphatic rings. The first kappa shape index (κ1) is 46.4. The predicted octanol–water partition coefficient (Wildman–Crippen LogP) is 8.16. The minimum atomic E-state index is -4.75. The van der Waals surface area contributed by atoms with Crippen LogP contribution in [0.5, 0.6) is 0 Å². The number of carbonyl (C=O) groups excluding carboxylic acids is 2. The van der Waals surface area contributed by atoms with Crippen LogP contribution in [0.2, 0.25) is 0 Å². The van der Waals surface area contributed by atoms with Gasteiger partial charge in [-0.15, -0.1) is 0 Å². The van der Waals surface area contributed by atoms with E-state index >= 15 is 0 Å². The van der Waals surface area contributed by atoms with Gasteiger partial charge in [0, 0.05) is 12.8 Å². The number of rotatable bonds is 30. The van der Waals surface area contributed by atoms with Gasteiger partial charge in [0.05, 0.1) is 13.2 Å². The summed E-state index contributed by atoms with van der Waals surface area (Å²) < 4.78 is 32.3. The molecule has 3 atom stereocenters. The fraction of sp³-hybridized carbons (Fsp3) is 0.500. The highest BCUT2D eigenvalue weighted by molar-refractivity contribution is 7.47. The van der Waals surface area contributed by atoms with Crippen LogP contribution >= 0.6 is 7.82 Å². The zero-order valence-corrected chi connectivity index (χ0v) is 30.6. The van der Waals surface area contributed by atoms with Crippen molar-refractivity contribution in [2.24, 2.45) is 5.73 Å². The van der Waals surface area contributed by atoms with E-state index in [0.717, 1.165) is 44.9 Å². The van der Waals surface area contributed by atoms with Gasteiger partial charge in [-0.3, -0.25) is 23.4 Å². The van der Waals surface area contributed by atoms with Gasteiger partial charge in [0.15, 0.2) is 6.10 Å². The van der Waals surface area contributed by atoms with E-state index in [1.54, 1.807) is 0 Å². The lowest BCUT2D eigenvalue weighted by molar-refractivity contribution is -0.161. The minimum Gasteiger partial charge on any atom is -0.480 e. The molecule has 4 N–H and O–H groups in total. The van der Waals surface area contributed by atoms with Crippen LogP contribution in [0.4, 0.5) is 0 Å². The summed E-state index contributed by atoms with van der Waals surface area (Å²) >= 11 is 0. The number of esters is 2. The molecule has 0 saturated carbocycles. The molecule has 0 aliphatic heterocycles. The second-order valence-corrected chi connectivity index (χ2v) is 12.3. The van der Waals surface area contributed by atoms with Gasteiger partial charge in [0.1, 0.15) is 12.6 Å². The number of carboxylic acid groups (broad SMARTS) is 1. The smallest absolute Gasteiger partial charge is 0.472 e. The second-order valence-electron chi connectivity index (χ2n) is 10.9. The molecular formula is C38H58NO10P. The molecule has 0 aromatic rings. The Morgan fingerprint density at radius 3 is 1.40 bits per heavy atom. The molecule has 0 aromatic carbocycles. The van der Waals surface area contributed by atoms with E-state index < -0.39 is 57.7 Å². The van der Waals surface area contributed by atoms with Gasteiger partial charge >= 0.3 is 25.7 Å². The number of hydrogen-bond acceptors (Lipinski definition) is 9. The molecule has 0 spiro atoms. The van der Waals surface area contributed by atoms with Crippen molar-refractivity contribution in [3.8, 4) is 0 Å². The zero-order valence-electron chi connectivity index (χ0n) is 29.7. The van der Waals surface area contributed by atoms with Crippen molar-refractivity contribution in [3.63, 3.8) is 0 Å². The first-order valence-electron chi connectivity index (χ1n) is 17.3. The van der Waals surface area contributed by atoms with Crippen molar-refractivity contribution < 1.29 is 47.5 Å². The molecular weight excluding hydrogens is 661 g/mol. The van der Waals surface area contributed by atoms with E-state index in [4.69, 9.17) is 24.8 Å². The number of ether oxygens (including phenoxy) is 2. The average molecular weight is 720 g/mol. The maximum Gasteiger partial charge on any atom is 0.472 e. The molecule has 3 unspecified atom stereocenters. The molecule has 0 bridgehead atoms. The van der Waals surface area contributed by atoms with Gasteiger partial charge in [-0.2, -0.15) is 0 Å². The van der Waals surface area contributed by atoms with Crippen LogP contribution in [0, 0.1) is 0 Å². The largest absolute Gasteiger partial charge is 0.480 e. The summed E-state index contributed by atoms with van der Waals surface area (Å²) in [6.45, 7) is 2.36. The predicted molar refractivity (Wildman–Crippen MR) is 198 cm³/mol. The Balaban J connectivity index is 4.75. The SMILES string of the molecule is CC/C=C\C/C=C\C/C=C\C/C=C\CCC(=O)OCC(COP(=O)(O)OCC(N)C(=O)O)OC(=O)CC/C=C\C/C=C\C/C=C\C/C=C\CC. The molecule has 0 amide bonds. The van der Waals surface area contributed by atoms with Crippen LogP contribution in [0.1, 0.15) is 90.9 Å². The molecule has 11 nitrogen and oxygen atoms in total. The van der Waals surface area contributed by atoms with Gasteiger partial charge < -0.3 is 25.2 Å². The maximum atomic E-state index is 12.5. The molecule has 0 aliphatic carbocycles. The monoisotopic (exact) mass is 719 g/mol. The van der Waals surface area contributed by atoms with Gasteiger partial charge in [-0.25, -0.2) is 4.57 Å². The lowest BCUT2D eigenvalue weighted by Gasteiger charge is -2.20. The standard InChI is InChI=1S/C38H58NO10P/c1-3-5-7-9-11-13-15-17-19-21-23-25-27-29-36(40)46-31-34(32-47-50(44,45)48-33-35(39)38(42)43)49-37(41)30-28-26-24-22-20-18-16-14-12-10-8-6-4-2/h5-8,11-14,17-20,23-26,34-35H,3-4,9-10,15-16,21-22,27-33,39H2,1-2H3,(H,42,43)(H,44,45)/b7-5-,8-6-,13-11-,14-12-,19-17-,20-18-,25-23-,26-24-. The third-order valence-electron chi connectivity index (χ3n) is 6.35. The van der Waals surface area contributed by atoms with Crippen LogP contribution in [-0.4, -0.2) is 59.9 Å². The van der Waals surface area contributed by atoms with Gasteiger partial charge in [0.25, 0.3) is 0 Å². The third-order valence-corrected chi connectivity index (χ3v) is 7.31. The molecule has 0 aromatic heterocycles. The number of aliphatic carboxylic acids is 1. The Hall–Kier alpha value is -3.60. The van der Waals surface area contributed by atoms with Gasteiger partial charge in [0.2, 0.25) is 0 Å². The fourth-order valence-electron chi connectivity index (χ4n) is 3.68. The molecule has 50 heavy (non-hydrogen) atoms. The second kappa shape index (κ2) is 32.6. The number of phosphoric ester groups is 1. The summed E-state index contributed by atoms with van der Waals surface area (Å²) in [6, 6.07) is -1.54. The summed E-state index contributed by atoms with van der Waals surface area (Å²) in [5, 5.41) is 8.84. The van der Waals surface area contributed by atoms with Crippen molar-refractivity contribution >= 4 is 25.7 Å². The van der Waals surface area contributed by atoms with E-state index in [1.807, 2.05) is 36.5 Å². The van der Waals surface area contributed by atoms with Crippen LogP contribution in [-0.2, 0) is 37.5 Å². The van der Waals surface area contributed by atoms with Gasteiger partial charge in [-0.1, -0.05) is 111 Å². The highest BCUT2D eigenvalue weighted by Gasteiger charge is 2.28. The molecule has 0 rings (SSSR count). The fourth-order valence-corrected chi connectivity index (χ4v) is 4.46. The number of allylic oxidation sites excluding steroid dienone is 16. The topological polar surface area (TPSA) is 172 Å². The maximum absolute atomic E-state index is 12.5. The number of phosphoric acid groups is 1. The van der Waals surface area contributed by atoms with E-state index in [1.165, 1.54) is 0 Å². The number of carbonyl (C=O) groups is 3. The highest BCUT2D eigenvalue weighted by atomic mass is 31.2. The quantitative estimate of drug-likeness (QED) is 0.0372. The molecule has 0 fully saturated rings. The number of hydrogen-bond donors (Lipinski definition) is 3. The van der Waals surface area contributed by atoms with Crippen molar-refractivity contribution in [2.75, 3.05) is 19.8 Å². The van der Waals surface area contributed by atoms with E-state index in [2.05, 4.69) is 79.1 Å². The highest BCUT2D eigenvalue weighted by Crippen LogP contribution is 2.43. The Kier molecular flexibility index (Phi) is 30.2. The first-order valence-corrected chi connectivity index (χ1v) is 18.8. The van der Waals surface area contributed by atoms with Crippen LogP contribution in [0.3, 0.4) is 0 Å². The third kappa shape index (κ3) is 31.7. The summed E-state index contributed by atoms with van der Waals surface area (Å²) in [4.78, 5) is 45.5. The first-order chi connectivity index (χ1) is 24.1. The Labute approximate surface area is 298 Å². The van der Waals surface area contributed by atoms with E-state index in [-0.39, 0.29) is 12.8 Å². The number of nitrogens with two attached hydrogens (primary N) is 1. The van der Waals surface area contributed by atoms with Crippen LogP contribution in [0.15, 0.2) is 97.2 Å². The van der Waals surface area contributed by atoms with Crippen molar-refractivity contribution in [3.05, 3.63) is 97.2 Å². The lowest BCUT2D eigenvalue weighted by atomic mass is 10.2. The number of carboxylic acids is 1. The van der Waals surface area contributed by atoms with Gasteiger partial charge in [-0.05, 0) is 64.2 Å². The minimum absolute atomic E-state index is 0.0191. The summed E-state index contributed by atoms with van der Waals surface area (Å²) in [7, 11) is -4.75. The van der Waals surface area contributed by atoms with E-state index in [9.17, 15) is 23.8 Å². The van der Waals surface area contributed by atoms with Crippen LogP contribution in [0.25, 0.3) is 0 Å².